The van der Waals surface area contributed by atoms with Crippen molar-refractivity contribution in [2.45, 2.75) is 19.0 Å². The van der Waals surface area contributed by atoms with Gasteiger partial charge in [-0.05, 0) is 44.6 Å². The molecule has 2 N–H and O–H groups in total. The van der Waals surface area contributed by atoms with Gasteiger partial charge in [-0.15, -0.1) is 11.3 Å². The van der Waals surface area contributed by atoms with Crippen molar-refractivity contribution in [3.05, 3.63) is 52.5 Å². The van der Waals surface area contributed by atoms with Gasteiger partial charge in [0.2, 0.25) is 0 Å². The van der Waals surface area contributed by atoms with Gasteiger partial charge in [-0.25, -0.2) is 4.39 Å². The van der Waals surface area contributed by atoms with Crippen LogP contribution in [-0.4, -0.2) is 81.0 Å². The van der Waals surface area contributed by atoms with Crippen molar-refractivity contribution in [1.29, 1.82) is 0 Å². The third-order valence-electron chi connectivity index (χ3n) is 5.62. The van der Waals surface area contributed by atoms with E-state index >= 15 is 0 Å². The Hall–Kier alpha value is -2.49. The Bertz CT molecular complexity index is 884. The third-order valence-corrected chi connectivity index (χ3v) is 6.56. The molecule has 174 valence electrons. The maximum atomic E-state index is 14.2. The van der Waals surface area contributed by atoms with Crippen LogP contribution in [0, 0.1) is 5.82 Å². The monoisotopic (exact) mass is 461 g/mol. The zero-order valence-electron chi connectivity index (χ0n) is 18.9. The number of para-hydroxylation sites is 1. The number of piperazine rings is 1. The first-order valence-electron chi connectivity index (χ1n) is 10.9. The molecule has 32 heavy (non-hydrogen) atoms. The Labute approximate surface area is 193 Å². The predicted octanol–water partition coefficient (Wildman–Crippen LogP) is 1.93. The van der Waals surface area contributed by atoms with Gasteiger partial charge >= 0.3 is 11.8 Å². The first kappa shape index (κ1) is 24.2. The van der Waals surface area contributed by atoms with E-state index in [-0.39, 0.29) is 17.9 Å². The van der Waals surface area contributed by atoms with Gasteiger partial charge in [0.25, 0.3) is 0 Å². The molecule has 7 nitrogen and oxygen atoms in total. The maximum Gasteiger partial charge on any atom is 0.309 e. The molecule has 2 aromatic rings. The number of hydrogen-bond donors (Lipinski definition) is 2. The summed E-state index contributed by atoms with van der Waals surface area (Å²) in [7, 11) is 3.82. The molecule has 1 aliphatic heterocycles. The highest BCUT2D eigenvalue weighted by Gasteiger charge is 2.32. The van der Waals surface area contributed by atoms with Gasteiger partial charge in [-0.3, -0.25) is 14.5 Å². The quantitative estimate of drug-likeness (QED) is 0.588. The molecule has 0 bridgehead atoms. The Morgan fingerprint density at radius 2 is 1.81 bits per heavy atom. The van der Waals surface area contributed by atoms with E-state index in [0.717, 1.165) is 18.0 Å². The van der Waals surface area contributed by atoms with Crippen molar-refractivity contribution in [2.75, 3.05) is 58.3 Å². The first-order valence-corrected chi connectivity index (χ1v) is 11.7. The minimum Gasteiger partial charge on any atom is -0.367 e. The Morgan fingerprint density at radius 1 is 1.09 bits per heavy atom. The fraction of sp³-hybridized carbons (Fsp3) is 0.478. The summed E-state index contributed by atoms with van der Waals surface area (Å²) in [4.78, 5) is 32.1. The largest absolute Gasteiger partial charge is 0.367 e. The number of halogens is 1. The van der Waals surface area contributed by atoms with Crippen molar-refractivity contribution in [1.82, 2.24) is 20.4 Å². The molecule has 3 rings (SSSR count). The highest BCUT2D eigenvalue weighted by Crippen LogP contribution is 2.30. The van der Waals surface area contributed by atoms with Crippen molar-refractivity contribution in [3.8, 4) is 0 Å². The summed E-state index contributed by atoms with van der Waals surface area (Å²) in [6, 6.07) is 10.6. The summed E-state index contributed by atoms with van der Waals surface area (Å²) >= 11 is 1.63. The molecule has 1 aromatic heterocycles. The number of thiophene rings is 1. The lowest BCUT2D eigenvalue weighted by Crippen LogP contribution is -2.54. The molecular weight excluding hydrogens is 429 g/mol. The lowest BCUT2D eigenvalue weighted by atomic mass is 10.0. The van der Waals surface area contributed by atoms with Gasteiger partial charge in [0.05, 0.1) is 11.7 Å². The summed E-state index contributed by atoms with van der Waals surface area (Å²) in [6.07, 6.45) is 0. The van der Waals surface area contributed by atoms with Crippen LogP contribution in [0.4, 0.5) is 10.1 Å². The summed E-state index contributed by atoms with van der Waals surface area (Å²) in [5.41, 5.74) is 0.621. The maximum absolute atomic E-state index is 14.2. The summed E-state index contributed by atoms with van der Waals surface area (Å²) in [5.74, 6) is -1.45. The van der Waals surface area contributed by atoms with E-state index in [1.165, 1.54) is 6.07 Å². The summed E-state index contributed by atoms with van der Waals surface area (Å²) < 4.78 is 14.2. The lowest BCUT2D eigenvalue weighted by molar-refractivity contribution is -0.139. The molecule has 0 radical (unpaired) electrons. The lowest BCUT2D eigenvalue weighted by Gasteiger charge is -2.42. The van der Waals surface area contributed by atoms with Gasteiger partial charge in [-0.1, -0.05) is 18.2 Å². The number of carbonyl (C=O) groups is 2. The zero-order chi connectivity index (χ0) is 23.1. The summed E-state index contributed by atoms with van der Waals surface area (Å²) in [5, 5.41) is 7.55. The molecular formula is C23H32FN5O2S. The molecule has 1 aromatic carbocycles. The van der Waals surface area contributed by atoms with Crippen LogP contribution < -0.4 is 15.5 Å². The third kappa shape index (κ3) is 6.27. The number of likely N-dealkylation sites (N-methyl/N-ethyl adjacent to an activating group) is 1. The molecule has 2 heterocycles. The van der Waals surface area contributed by atoms with Crippen LogP contribution in [0.15, 0.2) is 41.8 Å². The number of nitrogens with one attached hydrogen (secondary N) is 2. The standard InChI is InChI=1S/C23H32FN5O2S/c1-17(26-23(31)22(30)25-10-11-27(2)3)21(20-9-6-16-32-20)29-14-12-28(13-15-29)19-8-5-4-7-18(19)24/h4-9,16-17,21H,10-15H2,1-3H3,(H,25,30)(H,26,31)/t17-,21-/m1/s1. The molecule has 2 atom stereocenters. The van der Waals surface area contributed by atoms with Gasteiger partial charge in [0.1, 0.15) is 5.82 Å². The molecule has 0 aliphatic carbocycles. The van der Waals surface area contributed by atoms with Crippen molar-refractivity contribution >= 4 is 28.8 Å². The minimum atomic E-state index is -0.622. The number of hydrogen-bond acceptors (Lipinski definition) is 6. The number of amides is 2. The van der Waals surface area contributed by atoms with Crippen LogP contribution >= 0.6 is 11.3 Å². The molecule has 0 saturated carbocycles. The summed E-state index contributed by atoms with van der Waals surface area (Å²) in [6.45, 7) is 5.85. The van der Waals surface area contributed by atoms with Gasteiger partial charge in [-0.2, -0.15) is 0 Å². The van der Waals surface area contributed by atoms with Crippen LogP contribution in [0.2, 0.25) is 0 Å². The van der Waals surface area contributed by atoms with Crippen molar-refractivity contribution in [2.24, 2.45) is 0 Å². The van der Waals surface area contributed by atoms with E-state index < -0.39 is 11.8 Å². The van der Waals surface area contributed by atoms with Crippen molar-refractivity contribution < 1.29 is 14.0 Å². The van der Waals surface area contributed by atoms with E-state index in [4.69, 9.17) is 0 Å². The molecule has 0 spiro atoms. The average molecular weight is 462 g/mol. The molecule has 1 aliphatic rings. The smallest absolute Gasteiger partial charge is 0.309 e. The minimum absolute atomic E-state index is 0.0590. The Kier molecular flexibility index (Phi) is 8.60. The van der Waals surface area contributed by atoms with E-state index in [9.17, 15) is 14.0 Å². The fourth-order valence-corrected chi connectivity index (χ4v) is 4.94. The Morgan fingerprint density at radius 3 is 2.44 bits per heavy atom. The fourth-order valence-electron chi connectivity index (χ4n) is 3.98. The van der Waals surface area contributed by atoms with Crippen LogP contribution in [-0.2, 0) is 9.59 Å². The molecule has 9 heteroatoms. The van der Waals surface area contributed by atoms with Gasteiger partial charge in [0.15, 0.2) is 0 Å². The van der Waals surface area contributed by atoms with E-state index in [1.54, 1.807) is 23.5 Å². The second-order valence-electron chi connectivity index (χ2n) is 8.26. The highest BCUT2D eigenvalue weighted by atomic mass is 32.1. The van der Waals surface area contributed by atoms with Crippen LogP contribution in [0.3, 0.4) is 0 Å². The van der Waals surface area contributed by atoms with Crippen molar-refractivity contribution in [3.63, 3.8) is 0 Å². The topological polar surface area (TPSA) is 67.9 Å². The van der Waals surface area contributed by atoms with Gasteiger partial charge in [0, 0.05) is 50.2 Å². The second-order valence-corrected chi connectivity index (χ2v) is 9.24. The van der Waals surface area contributed by atoms with Crippen LogP contribution in [0.1, 0.15) is 17.8 Å². The first-order chi connectivity index (χ1) is 15.4. The number of benzene rings is 1. The van der Waals surface area contributed by atoms with E-state index in [2.05, 4.69) is 26.5 Å². The van der Waals surface area contributed by atoms with E-state index in [0.29, 0.717) is 31.9 Å². The Balaban J connectivity index is 1.63. The van der Waals surface area contributed by atoms with Crippen LogP contribution in [0.5, 0.6) is 0 Å². The molecule has 0 unspecified atom stereocenters. The molecule has 1 saturated heterocycles. The van der Waals surface area contributed by atoms with Gasteiger partial charge < -0.3 is 20.4 Å². The molecule has 2 amide bonds. The van der Waals surface area contributed by atoms with E-state index in [1.807, 2.05) is 43.4 Å². The highest BCUT2D eigenvalue weighted by molar-refractivity contribution is 7.10. The predicted molar refractivity (Wildman–Crippen MR) is 126 cm³/mol. The normalized spacial score (nSPS) is 16.6. The number of rotatable bonds is 8. The molecule has 1 fully saturated rings. The average Bonchev–Trinajstić information content (AvgIpc) is 3.28. The van der Waals surface area contributed by atoms with Crippen LogP contribution in [0.25, 0.3) is 0 Å². The SMILES string of the molecule is C[C@@H](NC(=O)C(=O)NCCN(C)C)[C@H](c1cccs1)N1CCN(c2ccccc2F)CC1. The number of anilines is 1. The second kappa shape index (κ2) is 11.4. The zero-order valence-corrected chi connectivity index (χ0v) is 19.7. The number of nitrogens with zero attached hydrogens (tertiary/aromatic N) is 3. The number of carbonyl (C=O) groups excluding carboxylic acids is 2.